The molecule has 0 bridgehead atoms. The Morgan fingerprint density at radius 1 is 1.05 bits per heavy atom. The molecule has 0 aliphatic rings. The van der Waals surface area contributed by atoms with Crippen LogP contribution in [-0.2, 0) is 5.88 Å². The number of benzene rings is 1. The van der Waals surface area contributed by atoms with Gasteiger partial charge < -0.3 is 0 Å². The van der Waals surface area contributed by atoms with E-state index in [9.17, 15) is 0 Å². The number of alkyl halides is 1. The van der Waals surface area contributed by atoms with Crippen molar-refractivity contribution in [2.45, 2.75) is 5.88 Å². The molecule has 2 heterocycles. The van der Waals surface area contributed by atoms with E-state index in [0.717, 1.165) is 5.56 Å². The van der Waals surface area contributed by atoms with E-state index in [1.54, 1.807) is 12.4 Å². The van der Waals surface area contributed by atoms with Gasteiger partial charge in [0, 0.05) is 5.56 Å². The van der Waals surface area contributed by atoms with Gasteiger partial charge in [0.2, 0.25) is 5.82 Å². The molecule has 7 heteroatoms. The topological polar surface area (TPSA) is 69.4 Å². The number of halogens is 1. The highest BCUT2D eigenvalue weighted by Gasteiger charge is 2.07. The highest BCUT2D eigenvalue weighted by molar-refractivity contribution is 6.16. The van der Waals surface area contributed by atoms with Crippen LogP contribution in [0.25, 0.3) is 17.2 Å². The van der Waals surface area contributed by atoms with Crippen molar-refractivity contribution in [2.24, 2.45) is 0 Å². The van der Waals surface area contributed by atoms with Gasteiger partial charge in [0.15, 0.2) is 5.82 Å². The van der Waals surface area contributed by atoms with Crippen molar-refractivity contribution in [2.75, 3.05) is 0 Å². The van der Waals surface area contributed by atoms with Crippen LogP contribution in [-0.4, -0.2) is 30.2 Å². The van der Waals surface area contributed by atoms with Crippen LogP contribution in [0, 0.1) is 0 Å². The minimum atomic E-state index is 0.327. The number of nitrogens with zero attached hydrogens (tertiary/aromatic N) is 6. The fourth-order valence-electron chi connectivity index (χ4n) is 1.53. The monoisotopic (exact) mass is 272 g/mol. The molecule has 19 heavy (non-hydrogen) atoms. The van der Waals surface area contributed by atoms with Gasteiger partial charge in [-0.25, -0.2) is 4.98 Å². The largest absolute Gasteiger partial charge is 0.254 e. The van der Waals surface area contributed by atoms with Crippen molar-refractivity contribution >= 4 is 11.6 Å². The van der Waals surface area contributed by atoms with E-state index < -0.39 is 0 Å². The Kier molecular flexibility index (Phi) is 3.16. The fourth-order valence-corrected chi connectivity index (χ4v) is 1.67. The van der Waals surface area contributed by atoms with Crippen LogP contribution in [0.15, 0.2) is 42.7 Å². The molecular formula is C12H9ClN6. The molecular weight excluding hydrogens is 264 g/mol. The zero-order chi connectivity index (χ0) is 13.1. The van der Waals surface area contributed by atoms with E-state index in [4.69, 9.17) is 11.6 Å². The highest BCUT2D eigenvalue weighted by atomic mass is 35.5. The summed E-state index contributed by atoms with van der Waals surface area (Å²) in [5, 5.41) is 12.2. The maximum Gasteiger partial charge on any atom is 0.205 e. The molecule has 0 amide bonds. The van der Waals surface area contributed by atoms with Crippen molar-refractivity contribution in [1.29, 1.82) is 0 Å². The van der Waals surface area contributed by atoms with E-state index in [1.165, 1.54) is 4.80 Å². The van der Waals surface area contributed by atoms with Gasteiger partial charge in [-0.3, -0.25) is 4.98 Å². The maximum absolute atomic E-state index is 5.66. The van der Waals surface area contributed by atoms with Gasteiger partial charge in [-0.15, -0.1) is 26.6 Å². The van der Waals surface area contributed by atoms with Crippen LogP contribution in [0.1, 0.15) is 5.69 Å². The molecule has 1 aromatic carbocycles. The quantitative estimate of drug-likeness (QED) is 0.681. The molecule has 2 aromatic heterocycles. The molecule has 94 valence electrons. The Hall–Kier alpha value is -2.34. The lowest BCUT2D eigenvalue weighted by atomic mass is 10.2. The van der Waals surface area contributed by atoms with Crippen molar-refractivity contribution in [3.05, 3.63) is 48.4 Å². The van der Waals surface area contributed by atoms with Gasteiger partial charge in [-0.1, -0.05) is 30.3 Å². The average molecular weight is 273 g/mol. The third-order valence-corrected chi connectivity index (χ3v) is 2.75. The molecule has 6 nitrogen and oxygen atoms in total. The summed E-state index contributed by atoms with van der Waals surface area (Å²) in [7, 11) is 0. The number of aromatic nitrogens is 6. The van der Waals surface area contributed by atoms with Crippen LogP contribution in [0.5, 0.6) is 0 Å². The first-order valence-corrected chi connectivity index (χ1v) is 6.13. The molecule has 0 saturated heterocycles. The summed E-state index contributed by atoms with van der Waals surface area (Å²) in [6, 6.07) is 9.62. The van der Waals surface area contributed by atoms with Crippen molar-refractivity contribution in [1.82, 2.24) is 30.2 Å². The Labute approximate surface area is 114 Å². The van der Waals surface area contributed by atoms with Crippen molar-refractivity contribution < 1.29 is 0 Å². The Morgan fingerprint density at radius 3 is 2.58 bits per heavy atom. The summed E-state index contributed by atoms with van der Waals surface area (Å²) in [6.07, 6.45) is 3.15. The lowest BCUT2D eigenvalue weighted by molar-refractivity contribution is 0.695. The summed E-state index contributed by atoms with van der Waals surface area (Å²) in [5.74, 6) is 1.38. The minimum absolute atomic E-state index is 0.327. The zero-order valence-electron chi connectivity index (χ0n) is 9.81. The van der Waals surface area contributed by atoms with Gasteiger partial charge in [-0.05, 0) is 5.21 Å². The second-order valence-corrected chi connectivity index (χ2v) is 4.04. The summed E-state index contributed by atoms with van der Waals surface area (Å²) < 4.78 is 0. The third kappa shape index (κ3) is 2.43. The fraction of sp³-hybridized carbons (Fsp3) is 0.0833. The normalized spacial score (nSPS) is 10.6. The van der Waals surface area contributed by atoms with Crippen LogP contribution in [0.4, 0.5) is 0 Å². The second-order valence-electron chi connectivity index (χ2n) is 3.77. The minimum Gasteiger partial charge on any atom is -0.254 e. The first kappa shape index (κ1) is 11.7. The van der Waals surface area contributed by atoms with Gasteiger partial charge in [0.05, 0.1) is 24.0 Å². The number of tetrazole rings is 1. The molecule has 0 aliphatic carbocycles. The van der Waals surface area contributed by atoms with Gasteiger partial charge in [0.1, 0.15) is 0 Å². The third-order valence-electron chi connectivity index (χ3n) is 2.48. The summed E-state index contributed by atoms with van der Waals surface area (Å²) in [6.45, 7) is 0. The lowest BCUT2D eigenvalue weighted by Gasteiger charge is -1.97. The van der Waals surface area contributed by atoms with Crippen molar-refractivity contribution in [3.63, 3.8) is 0 Å². The van der Waals surface area contributed by atoms with E-state index in [1.807, 2.05) is 30.3 Å². The van der Waals surface area contributed by atoms with E-state index in [0.29, 0.717) is 23.2 Å². The van der Waals surface area contributed by atoms with Crippen LogP contribution in [0.3, 0.4) is 0 Å². The zero-order valence-corrected chi connectivity index (χ0v) is 10.6. The predicted octanol–water partition coefficient (Wildman–Crippen LogP) is 1.86. The maximum atomic E-state index is 5.66. The van der Waals surface area contributed by atoms with E-state index in [2.05, 4.69) is 25.4 Å². The average Bonchev–Trinajstić information content (AvgIpc) is 2.98. The Bertz CT molecular complexity index is 664. The van der Waals surface area contributed by atoms with Crippen LogP contribution < -0.4 is 0 Å². The van der Waals surface area contributed by atoms with E-state index in [-0.39, 0.29) is 0 Å². The first-order valence-electron chi connectivity index (χ1n) is 5.59. The number of hydrogen-bond acceptors (Lipinski definition) is 5. The molecule has 0 saturated carbocycles. The van der Waals surface area contributed by atoms with Crippen molar-refractivity contribution in [3.8, 4) is 17.2 Å². The molecule has 0 aliphatic heterocycles. The molecule has 0 radical (unpaired) electrons. The first-order chi connectivity index (χ1) is 9.36. The van der Waals surface area contributed by atoms with E-state index >= 15 is 0 Å². The SMILES string of the molecule is ClCc1cnc(-n2nnc(-c3ccccc3)n2)cn1. The smallest absolute Gasteiger partial charge is 0.205 e. The molecule has 0 unspecified atom stereocenters. The number of rotatable bonds is 3. The Morgan fingerprint density at radius 2 is 1.89 bits per heavy atom. The molecule has 0 spiro atoms. The second kappa shape index (κ2) is 5.11. The standard InChI is InChI=1S/C12H9ClN6/c13-6-10-7-15-11(8-14-10)19-17-12(16-18-19)9-4-2-1-3-5-9/h1-5,7-8H,6H2. The summed E-state index contributed by atoms with van der Waals surface area (Å²) in [5.41, 5.74) is 1.60. The molecule has 3 aromatic rings. The van der Waals surface area contributed by atoms with Gasteiger partial charge >= 0.3 is 0 Å². The molecule has 0 N–H and O–H groups in total. The van der Waals surface area contributed by atoms with Gasteiger partial charge in [-0.2, -0.15) is 0 Å². The molecule has 0 atom stereocenters. The summed E-state index contributed by atoms with van der Waals surface area (Å²) >= 11 is 5.66. The predicted molar refractivity (Wildman–Crippen MR) is 69.7 cm³/mol. The van der Waals surface area contributed by atoms with Crippen LogP contribution >= 0.6 is 11.6 Å². The summed E-state index contributed by atoms with van der Waals surface area (Å²) in [4.78, 5) is 9.65. The lowest BCUT2D eigenvalue weighted by Crippen LogP contribution is -2.03. The number of hydrogen-bond donors (Lipinski definition) is 0. The molecule has 3 rings (SSSR count). The van der Waals surface area contributed by atoms with Gasteiger partial charge in [0.25, 0.3) is 0 Å². The Balaban J connectivity index is 1.92. The highest BCUT2D eigenvalue weighted by Crippen LogP contribution is 2.12. The molecule has 0 fully saturated rings. The van der Waals surface area contributed by atoms with Crippen LogP contribution in [0.2, 0.25) is 0 Å².